The van der Waals surface area contributed by atoms with Gasteiger partial charge in [-0.1, -0.05) is 54.1 Å². The van der Waals surface area contributed by atoms with E-state index in [0.717, 1.165) is 37.7 Å². The number of rotatable bonds is 4. The van der Waals surface area contributed by atoms with Crippen LogP contribution in [0.1, 0.15) is 16.7 Å². The summed E-state index contributed by atoms with van der Waals surface area (Å²) in [7, 11) is 0. The Labute approximate surface area is 143 Å². The summed E-state index contributed by atoms with van der Waals surface area (Å²) in [6, 6.07) is 16.4. The van der Waals surface area contributed by atoms with Gasteiger partial charge in [-0.2, -0.15) is 5.10 Å². The number of halogens is 1. The Bertz CT molecular complexity index is 676. The Morgan fingerprint density at radius 2 is 1.70 bits per heavy atom. The molecule has 3 rings (SSSR count). The first-order valence-electron chi connectivity index (χ1n) is 8.03. The van der Waals surface area contributed by atoms with Crippen LogP contribution in [-0.4, -0.2) is 42.3 Å². The van der Waals surface area contributed by atoms with Gasteiger partial charge in [-0.25, -0.2) is 0 Å². The van der Waals surface area contributed by atoms with E-state index in [1.807, 2.05) is 24.4 Å². The highest BCUT2D eigenvalue weighted by Crippen LogP contribution is 2.18. The summed E-state index contributed by atoms with van der Waals surface area (Å²) in [5, 5.41) is 7.63. The van der Waals surface area contributed by atoms with Crippen LogP contribution in [0.25, 0.3) is 0 Å². The van der Waals surface area contributed by atoms with Crippen LogP contribution in [0.5, 0.6) is 0 Å². The lowest BCUT2D eigenvalue weighted by atomic mass is 10.1. The van der Waals surface area contributed by atoms with Crippen molar-refractivity contribution in [3.8, 4) is 0 Å². The maximum Gasteiger partial charge on any atom is 0.0545 e. The molecule has 0 saturated carbocycles. The third-order valence-electron chi connectivity index (χ3n) is 4.25. The van der Waals surface area contributed by atoms with Crippen molar-refractivity contribution < 1.29 is 0 Å². The zero-order valence-corrected chi connectivity index (χ0v) is 14.2. The molecule has 0 spiro atoms. The van der Waals surface area contributed by atoms with Crippen molar-refractivity contribution >= 4 is 17.8 Å². The van der Waals surface area contributed by atoms with Crippen LogP contribution in [0.15, 0.2) is 53.6 Å². The summed E-state index contributed by atoms with van der Waals surface area (Å²) < 4.78 is 0. The van der Waals surface area contributed by atoms with Gasteiger partial charge >= 0.3 is 0 Å². The van der Waals surface area contributed by atoms with Gasteiger partial charge in [0, 0.05) is 37.7 Å². The number of piperazine rings is 1. The number of hydrogen-bond acceptors (Lipinski definition) is 3. The lowest BCUT2D eigenvalue weighted by molar-refractivity contribution is 0.131. The summed E-state index contributed by atoms with van der Waals surface area (Å²) in [5.41, 5.74) is 3.64. The smallest absolute Gasteiger partial charge is 0.0545 e. The Hall–Kier alpha value is -1.84. The van der Waals surface area contributed by atoms with E-state index in [1.54, 1.807) is 0 Å². The molecule has 0 N–H and O–H groups in total. The van der Waals surface area contributed by atoms with Gasteiger partial charge in [0.15, 0.2) is 0 Å². The van der Waals surface area contributed by atoms with E-state index in [1.165, 1.54) is 16.7 Å². The van der Waals surface area contributed by atoms with E-state index >= 15 is 0 Å². The monoisotopic (exact) mass is 327 g/mol. The average Bonchev–Trinajstić information content (AvgIpc) is 2.57. The average molecular weight is 328 g/mol. The molecule has 2 aromatic rings. The molecule has 4 heteroatoms. The highest BCUT2D eigenvalue weighted by Gasteiger charge is 2.16. The van der Waals surface area contributed by atoms with Crippen molar-refractivity contribution in [3.05, 3.63) is 70.2 Å². The Balaban J connectivity index is 1.53. The van der Waals surface area contributed by atoms with Crippen molar-refractivity contribution in [2.45, 2.75) is 13.5 Å². The first-order chi connectivity index (χ1) is 11.2. The second-order valence-electron chi connectivity index (χ2n) is 5.92. The van der Waals surface area contributed by atoms with Crippen molar-refractivity contribution in [2.75, 3.05) is 26.2 Å². The van der Waals surface area contributed by atoms with Crippen molar-refractivity contribution in [2.24, 2.45) is 5.10 Å². The molecule has 0 bridgehead atoms. The zero-order chi connectivity index (χ0) is 16.1. The molecule has 0 amide bonds. The number of hydrazone groups is 1. The minimum Gasteiger partial charge on any atom is -0.295 e. The van der Waals surface area contributed by atoms with Gasteiger partial charge in [-0.3, -0.25) is 9.91 Å². The fraction of sp³-hybridized carbons (Fsp3) is 0.316. The number of benzene rings is 2. The Kier molecular flexibility index (Phi) is 5.31. The van der Waals surface area contributed by atoms with E-state index in [9.17, 15) is 0 Å². The summed E-state index contributed by atoms with van der Waals surface area (Å²) >= 11 is 6.24. The normalized spacial score (nSPS) is 16.2. The molecule has 23 heavy (non-hydrogen) atoms. The van der Waals surface area contributed by atoms with Crippen molar-refractivity contribution in [1.82, 2.24) is 9.91 Å². The minimum atomic E-state index is 0.854. The van der Waals surface area contributed by atoms with Crippen molar-refractivity contribution in [3.63, 3.8) is 0 Å². The van der Waals surface area contributed by atoms with E-state index < -0.39 is 0 Å². The third kappa shape index (κ3) is 4.34. The third-order valence-corrected chi connectivity index (χ3v) is 4.62. The highest BCUT2D eigenvalue weighted by atomic mass is 35.5. The second kappa shape index (κ2) is 7.62. The van der Waals surface area contributed by atoms with Gasteiger partial charge in [-0.05, 0) is 29.7 Å². The van der Waals surface area contributed by atoms with Crippen LogP contribution < -0.4 is 0 Å². The molecule has 1 heterocycles. The SMILES string of the molecule is Cc1ccccc1/C=N\N1CCN(Cc2ccccc2Cl)CC1. The number of nitrogens with zero attached hydrogens (tertiary/aromatic N) is 3. The predicted molar refractivity (Wildman–Crippen MR) is 97.1 cm³/mol. The summed E-state index contributed by atoms with van der Waals surface area (Å²) in [4.78, 5) is 2.43. The summed E-state index contributed by atoms with van der Waals surface area (Å²) in [6.07, 6.45) is 1.97. The van der Waals surface area contributed by atoms with Crippen LogP contribution in [-0.2, 0) is 6.54 Å². The molecule has 1 fully saturated rings. The fourth-order valence-electron chi connectivity index (χ4n) is 2.75. The molecule has 2 aromatic carbocycles. The van der Waals surface area contributed by atoms with Crippen molar-refractivity contribution in [1.29, 1.82) is 0 Å². The number of aryl methyl sites for hydroxylation is 1. The molecule has 120 valence electrons. The first-order valence-corrected chi connectivity index (χ1v) is 8.40. The molecule has 0 aromatic heterocycles. The van der Waals surface area contributed by atoms with Gasteiger partial charge in [0.2, 0.25) is 0 Å². The topological polar surface area (TPSA) is 18.8 Å². The summed E-state index contributed by atoms with van der Waals surface area (Å²) in [6.45, 7) is 6.95. The maximum atomic E-state index is 6.24. The van der Waals surface area contributed by atoms with E-state index in [2.05, 4.69) is 52.3 Å². The lowest BCUT2D eigenvalue weighted by Crippen LogP contribution is -2.43. The molecule has 1 aliphatic rings. The first kappa shape index (κ1) is 16.0. The number of hydrogen-bond donors (Lipinski definition) is 0. The lowest BCUT2D eigenvalue weighted by Gasteiger charge is -2.33. The molecular weight excluding hydrogens is 306 g/mol. The van der Waals surface area contributed by atoms with Gasteiger partial charge < -0.3 is 0 Å². The van der Waals surface area contributed by atoms with Crippen LogP contribution in [0.2, 0.25) is 5.02 Å². The predicted octanol–water partition coefficient (Wildman–Crippen LogP) is 3.80. The standard InChI is InChI=1S/C19H22ClN3/c1-16-6-2-3-7-17(16)14-21-23-12-10-22(11-13-23)15-18-8-4-5-9-19(18)20/h2-9,14H,10-13,15H2,1H3/b21-14-. The minimum absolute atomic E-state index is 0.854. The van der Waals surface area contributed by atoms with E-state index in [-0.39, 0.29) is 0 Å². The van der Waals surface area contributed by atoms with Crippen LogP contribution in [0.4, 0.5) is 0 Å². The molecule has 1 aliphatic heterocycles. The highest BCUT2D eigenvalue weighted by molar-refractivity contribution is 6.31. The molecular formula is C19H22ClN3. The van der Waals surface area contributed by atoms with E-state index in [0.29, 0.717) is 0 Å². The molecule has 0 radical (unpaired) electrons. The molecule has 1 saturated heterocycles. The van der Waals surface area contributed by atoms with Gasteiger partial charge in [0.25, 0.3) is 0 Å². The van der Waals surface area contributed by atoms with Gasteiger partial charge in [0.05, 0.1) is 6.21 Å². The van der Waals surface area contributed by atoms with Crippen LogP contribution >= 0.6 is 11.6 Å². The summed E-state index contributed by atoms with van der Waals surface area (Å²) in [5.74, 6) is 0. The quantitative estimate of drug-likeness (QED) is 0.795. The van der Waals surface area contributed by atoms with Crippen LogP contribution in [0.3, 0.4) is 0 Å². The molecule has 0 aliphatic carbocycles. The molecule has 3 nitrogen and oxygen atoms in total. The second-order valence-corrected chi connectivity index (χ2v) is 6.33. The fourth-order valence-corrected chi connectivity index (χ4v) is 2.95. The Morgan fingerprint density at radius 1 is 1.00 bits per heavy atom. The molecule has 0 atom stereocenters. The Morgan fingerprint density at radius 3 is 2.43 bits per heavy atom. The van der Waals surface area contributed by atoms with Gasteiger partial charge in [0.1, 0.15) is 0 Å². The largest absolute Gasteiger partial charge is 0.295 e. The van der Waals surface area contributed by atoms with Crippen LogP contribution in [0, 0.1) is 6.92 Å². The maximum absolute atomic E-state index is 6.24. The van der Waals surface area contributed by atoms with Gasteiger partial charge in [-0.15, -0.1) is 0 Å². The zero-order valence-electron chi connectivity index (χ0n) is 13.5. The molecule has 0 unspecified atom stereocenters. The van der Waals surface area contributed by atoms with E-state index in [4.69, 9.17) is 11.6 Å².